The van der Waals surface area contributed by atoms with Gasteiger partial charge in [-0.05, 0) is 30.3 Å². The number of oxazole rings is 1. The third-order valence-corrected chi connectivity index (χ3v) is 3.24. The molecule has 1 heterocycles. The summed E-state index contributed by atoms with van der Waals surface area (Å²) in [4.78, 5) is 26.2. The number of terminal acetylenes is 1. The van der Waals surface area contributed by atoms with Gasteiger partial charge in [-0.15, -0.1) is 6.42 Å². The van der Waals surface area contributed by atoms with Gasteiger partial charge in [0.05, 0.1) is 16.6 Å². The molecule has 0 spiro atoms. The van der Waals surface area contributed by atoms with Crippen molar-refractivity contribution in [2.45, 2.75) is 0 Å². The van der Waals surface area contributed by atoms with E-state index in [-0.39, 0.29) is 12.3 Å². The topological polar surface area (TPSA) is 95.5 Å². The van der Waals surface area contributed by atoms with Crippen molar-refractivity contribution >= 4 is 22.8 Å². The fourth-order valence-electron chi connectivity index (χ4n) is 2.09. The second-order valence-electron chi connectivity index (χ2n) is 4.79. The van der Waals surface area contributed by atoms with Crippen molar-refractivity contribution < 1.29 is 18.9 Å². The van der Waals surface area contributed by atoms with Crippen LogP contribution >= 0.6 is 0 Å². The highest BCUT2D eigenvalue weighted by atomic mass is 16.6. The van der Waals surface area contributed by atoms with Crippen LogP contribution in [0.3, 0.4) is 0 Å². The lowest BCUT2D eigenvalue weighted by atomic mass is 10.1. The quantitative estimate of drug-likeness (QED) is 0.317. The van der Waals surface area contributed by atoms with E-state index in [1.807, 2.05) is 0 Å². The fraction of sp³-hybridized carbons (Fsp3) is 0.0588. The Balaban J connectivity index is 1.89. The van der Waals surface area contributed by atoms with E-state index in [0.717, 1.165) is 0 Å². The molecule has 0 radical (unpaired) electrons. The number of nitrogens with zero attached hydrogens (tertiary/aromatic N) is 2. The third-order valence-electron chi connectivity index (χ3n) is 3.24. The number of nitro benzene ring substituents is 1. The van der Waals surface area contributed by atoms with Crippen LogP contribution in [0, 0.1) is 22.5 Å². The molecular formula is C17H10N2O5. The molecule has 0 aliphatic heterocycles. The number of non-ortho nitro benzene ring substituents is 1. The second-order valence-corrected chi connectivity index (χ2v) is 4.79. The summed E-state index contributed by atoms with van der Waals surface area (Å²) in [6.45, 7) is -0.0928. The highest BCUT2D eigenvalue weighted by molar-refractivity contribution is 5.90. The summed E-state index contributed by atoms with van der Waals surface area (Å²) in [7, 11) is 0. The summed E-state index contributed by atoms with van der Waals surface area (Å²) in [5.74, 6) is 2.00. The van der Waals surface area contributed by atoms with Crippen molar-refractivity contribution in [2.75, 3.05) is 6.61 Å². The minimum absolute atomic E-state index is 0.0724. The minimum Gasteiger partial charge on any atom is -0.449 e. The van der Waals surface area contributed by atoms with E-state index in [0.29, 0.717) is 28.1 Å². The first-order valence-electron chi connectivity index (χ1n) is 6.84. The number of hydrogen-bond acceptors (Lipinski definition) is 6. The minimum atomic E-state index is -0.521. The lowest BCUT2D eigenvalue weighted by Gasteiger charge is -2.01. The van der Waals surface area contributed by atoms with Gasteiger partial charge in [-0.2, -0.15) is 0 Å². The van der Waals surface area contributed by atoms with E-state index in [1.54, 1.807) is 24.3 Å². The van der Waals surface area contributed by atoms with Crippen LogP contribution in [0.1, 0.15) is 10.4 Å². The molecule has 1 aromatic heterocycles. The molecule has 0 saturated heterocycles. The highest BCUT2D eigenvalue weighted by Gasteiger charge is 2.13. The molecule has 2 aromatic carbocycles. The van der Waals surface area contributed by atoms with E-state index >= 15 is 0 Å². The van der Waals surface area contributed by atoms with E-state index < -0.39 is 10.9 Å². The lowest BCUT2D eigenvalue weighted by Crippen LogP contribution is -2.04. The Kier molecular flexibility index (Phi) is 3.95. The zero-order valence-electron chi connectivity index (χ0n) is 12.3. The monoisotopic (exact) mass is 322 g/mol. The summed E-state index contributed by atoms with van der Waals surface area (Å²) in [6, 6.07) is 10.6. The molecule has 0 N–H and O–H groups in total. The Bertz CT molecular complexity index is 967. The van der Waals surface area contributed by atoms with E-state index in [4.69, 9.17) is 15.6 Å². The normalized spacial score (nSPS) is 10.3. The molecule has 3 aromatic rings. The maximum Gasteiger partial charge on any atom is 0.339 e. The lowest BCUT2D eigenvalue weighted by molar-refractivity contribution is -0.384. The molecule has 7 nitrogen and oxygen atoms in total. The van der Waals surface area contributed by atoms with Gasteiger partial charge in [-0.1, -0.05) is 5.92 Å². The van der Waals surface area contributed by atoms with Crippen molar-refractivity contribution in [2.24, 2.45) is 0 Å². The number of rotatable bonds is 4. The first kappa shape index (κ1) is 15.2. The highest BCUT2D eigenvalue weighted by Crippen LogP contribution is 2.27. The molecular weight excluding hydrogens is 312 g/mol. The number of aromatic nitrogens is 1. The summed E-state index contributed by atoms with van der Waals surface area (Å²) < 4.78 is 10.4. The van der Waals surface area contributed by atoms with Gasteiger partial charge in [0.1, 0.15) is 5.52 Å². The first-order chi connectivity index (χ1) is 11.6. The van der Waals surface area contributed by atoms with E-state index in [1.165, 1.54) is 18.2 Å². The Morgan fingerprint density at radius 2 is 2.04 bits per heavy atom. The van der Waals surface area contributed by atoms with Gasteiger partial charge in [-0.25, -0.2) is 9.78 Å². The number of hydrogen-bond donors (Lipinski definition) is 0. The van der Waals surface area contributed by atoms with Crippen molar-refractivity contribution in [1.82, 2.24) is 4.98 Å². The zero-order valence-corrected chi connectivity index (χ0v) is 12.3. The average Bonchev–Trinajstić information content (AvgIpc) is 3.02. The predicted octanol–water partition coefficient (Wildman–Crippen LogP) is 3.19. The second kappa shape index (κ2) is 6.22. The molecule has 0 bridgehead atoms. The predicted molar refractivity (Wildman–Crippen MR) is 85.2 cm³/mol. The summed E-state index contributed by atoms with van der Waals surface area (Å²) in [5.41, 5.74) is 1.73. The van der Waals surface area contributed by atoms with Crippen LogP contribution in [0.4, 0.5) is 5.69 Å². The van der Waals surface area contributed by atoms with Gasteiger partial charge < -0.3 is 9.15 Å². The SMILES string of the molecule is C#CCOC(=O)c1ccc(-c2nc3ccc([N+](=O)[O-])cc3o2)cc1. The number of benzene rings is 2. The summed E-state index contributed by atoms with van der Waals surface area (Å²) in [5, 5.41) is 10.8. The molecule has 7 heteroatoms. The number of esters is 1. The van der Waals surface area contributed by atoms with E-state index in [2.05, 4.69) is 10.9 Å². The van der Waals surface area contributed by atoms with Crippen LogP contribution in [0.25, 0.3) is 22.6 Å². The standard InChI is InChI=1S/C17H10N2O5/c1-2-9-23-17(20)12-5-3-11(4-6-12)16-18-14-8-7-13(19(21)22)10-15(14)24-16/h1,3-8,10H,9H2. The average molecular weight is 322 g/mol. The maximum absolute atomic E-state index is 11.7. The number of ether oxygens (including phenoxy) is 1. The number of carbonyl (C=O) groups excluding carboxylic acids is 1. The molecule has 0 saturated carbocycles. The van der Waals surface area contributed by atoms with Gasteiger partial charge in [0, 0.05) is 11.6 Å². The molecule has 0 aliphatic rings. The van der Waals surface area contributed by atoms with Crippen LogP contribution in [0.2, 0.25) is 0 Å². The molecule has 0 atom stereocenters. The van der Waals surface area contributed by atoms with Gasteiger partial charge in [0.15, 0.2) is 12.2 Å². The fourth-order valence-corrected chi connectivity index (χ4v) is 2.09. The maximum atomic E-state index is 11.7. The molecule has 0 amide bonds. The van der Waals surface area contributed by atoms with Gasteiger partial charge in [-0.3, -0.25) is 10.1 Å². The van der Waals surface area contributed by atoms with E-state index in [9.17, 15) is 14.9 Å². The molecule has 0 fully saturated rings. The third kappa shape index (κ3) is 2.94. The van der Waals surface area contributed by atoms with Crippen LogP contribution in [-0.2, 0) is 4.74 Å². The Hall–Kier alpha value is -3.66. The van der Waals surface area contributed by atoms with Gasteiger partial charge in [0.2, 0.25) is 5.89 Å². The largest absolute Gasteiger partial charge is 0.449 e. The Labute approximate surface area is 136 Å². The van der Waals surface area contributed by atoms with Gasteiger partial charge in [0.25, 0.3) is 5.69 Å². The molecule has 0 aliphatic carbocycles. The molecule has 118 valence electrons. The number of nitro groups is 1. The number of fused-ring (bicyclic) bond motifs is 1. The van der Waals surface area contributed by atoms with Gasteiger partial charge >= 0.3 is 5.97 Å². The van der Waals surface area contributed by atoms with Crippen LogP contribution in [-0.4, -0.2) is 22.5 Å². The molecule has 0 unspecified atom stereocenters. The van der Waals surface area contributed by atoms with Crippen LogP contribution < -0.4 is 0 Å². The van der Waals surface area contributed by atoms with Crippen molar-refractivity contribution in [3.8, 4) is 23.8 Å². The molecule has 24 heavy (non-hydrogen) atoms. The zero-order chi connectivity index (χ0) is 17.1. The Morgan fingerprint density at radius 3 is 2.71 bits per heavy atom. The summed E-state index contributed by atoms with van der Waals surface area (Å²) >= 11 is 0. The van der Waals surface area contributed by atoms with Crippen molar-refractivity contribution in [3.05, 3.63) is 58.1 Å². The number of carbonyl (C=O) groups is 1. The van der Waals surface area contributed by atoms with Crippen LogP contribution in [0.15, 0.2) is 46.9 Å². The van der Waals surface area contributed by atoms with Crippen molar-refractivity contribution in [1.29, 1.82) is 0 Å². The van der Waals surface area contributed by atoms with Crippen molar-refractivity contribution in [3.63, 3.8) is 0 Å². The Morgan fingerprint density at radius 1 is 1.29 bits per heavy atom. The summed E-state index contributed by atoms with van der Waals surface area (Å²) in [6.07, 6.45) is 5.03. The molecule has 3 rings (SSSR count). The van der Waals surface area contributed by atoms with Crippen LogP contribution in [0.5, 0.6) is 0 Å². The first-order valence-corrected chi connectivity index (χ1v) is 6.84. The smallest absolute Gasteiger partial charge is 0.339 e.